The first-order valence-electron chi connectivity index (χ1n) is 15.1. The highest BCUT2D eigenvalue weighted by Crippen LogP contribution is 2.31. The number of aromatic nitrogens is 3. The molecular formula is C35H38N6O6. The molecule has 6 N–H and O–H groups in total. The van der Waals surface area contributed by atoms with Gasteiger partial charge >= 0.3 is 12.1 Å². The number of fused-ring (bicyclic) bond motifs is 2. The summed E-state index contributed by atoms with van der Waals surface area (Å²) in [5, 5.41) is 21.3. The molecule has 0 saturated carbocycles. The Morgan fingerprint density at radius 2 is 1.60 bits per heavy atom. The third kappa shape index (κ3) is 6.96. The van der Waals surface area contributed by atoms with Crippen LogP contribution in [0.3, 0.4) is 0 Å². The number of aliphatic carboxylic acids is 1. The van der Waals surface area contributed by atoms with Gasteiger partial charge in [-0.3, -0.25) is 9.59 Å². The normalized spacial score (nSPS) is 13.8. The number of para-hydroxylation sites is 1. The number of H-pyrrole nitrogens is 2. The number of ether oxygens (including phenoxy) is 1. The number of hydrogen-bond donors (Lipinski definition) is 6. The minimum atomic E-state index is -2.15. The second-order valence-electron chi connectivity index (χ2n) is 12.9. The molecule has 2 aromatic heterocycles. The molecule has 0 saturated heterocycles. The summed E-state index contributed by atoms with van der Waals surface area (Å²) in [6, 6.07) is 18.7. The Morgan fingerprint density at radius 3 is 2.28 bits per heavy atom. The van der Waals surface area contributed by atoms with Crippen molar-refractivity contribution in [1.82, 2.24) is 30.9 Å². The molecule has 3 amide bonds. The summed E-state index contributed by atoms with van der Waals surface area (Å²) in [5.74, 6) is -2.89. The smallest absolute Gasteiger partial charge is 0.408 e. The molecule has 3 aromatic carbocycles. The number of imidazole rings is 1. The highest BCUT2D eigenvalue weighted by molar-refractivity contribution is 5.98. The van der Waals surface area contributed by atoms with Gasteiger partial charge in [0.2, 0.25) is 17.4 Å². The summed E-state index contributed by atoms with van der Waals surface area (Å²) >= 11 is 0. The van der Waals surface area contributed by atoms with Gasteiger partial charge in [0.1, 0.15) is 23.0 Å². The van der Waals surface area contributed by atoms with Crippen LogP contribution in [0.15, 0.2) is 85.3 Å². The molecule has 0 fully saturated rings. The maximum atomic E-state index is 14.4. The molecule has 0 aliphatic carbocycles. The Morgan fingerprint density at radius 1 is 0.894 bits per heavy atom. The van der Waals surface area contributed by atoms with Crippen molar-refractivity contribution in [3.05, 3.63) is 102 Å². The second-order valence-corrected chi connectivity index (χ2v) is 12.9. The molecular weight excluding hydrogens is 600 g/mol. The number of carbonyl (C=O) groups is 4. The number of hydrogen-bond acceptors (Lipinski definition) is 6. The molecule has 0 bridgehead atoms. The lowest BCUT2D eigenvalue weighted by molar-refractivity contribution is -0.147. The molecule has 5 rings (SSSR count). The number of aromatic amines is 2. The van der Waals surface area contributed by atoms with Gasteiger partial charge in [-0.05, 0) is 68.7 Å². The van der Waals surface area contributed by atoms with Crippen molar-refractivity contribution in [3.63, 3.8) is 0 Å². The van der Waals surface area contributed by atoms with Crippen LogP contribution in [-0.2, 0) is 31.1 Å². The zero-order valence-electron chi connectivity index (χ0n) is 26.8. The standard InChI is InChI=1S/C35H38N6O6/c1-33(2,3)47-32(46)41-34(4,5)30(43)39-27(19-23-20-38-26-13-9-8-12-25(23)26)28(42)40-35(31(44)45,29-36-16-17-37-29)24-15-14-21-10-6-7-11-22(21)18-24/h6-18,20,27,38H,19H2,1-5H3,(H,36,37)(H,39,43)(H,40,42)(H,41,46)(H,44,45)/t27-,35?/m1/s1. The minimum absolute atomic E-state index is 0.00429. The zero-order chi connectivity index (χ0) is 34.0. The van der Waals surface area contributed by atoms with E-state index >= 15 is 0 Å². The third-order valence-electron chi connectivity index (χ3n) is 7.77. The lowest BCUT2D eigenvalue weighted by atomic mass is 9.86. The van der Waals surface area contributed by atoms with Crippen molar-refractivity contribution in [2.24, 2.45) is 0 Å². The van der Waals surface area contributed by atoms with E-state index in [1.807, 2.05) is 48.5 Å². The highest BCUT2D eigenvalue weighted by Gasteiger charge is 2.48. The predicted molar refractivity (Wildman–Crippen MR) is 176 cm³/mol. The molecule has 12 heteroatoms. The van der Waals surface area contributed by atoms with Crippen LogP contribution < -0.4 is 16.0 Å². The van der Waals surface area contributed by atoms with Crippen LogP contribution >= 0.6 is 0 Å². The monoisotopic (exact) mass is 638 g/mol. The van der Waals surface area contributed by atoms with E-state index in [1.54, 1.807) is 45.2 Å². The molecule has 0 aliphatic rings. The third-order valence-corrected chi connectivity index (χ3v) is 7.77. The van der Waals surface area contributed by atoms with Crippen molar-refractivity contribution >= 4 is 45.6 Å². The lowest BCUT2D eigenvalue weighted by Crippen LogP contribution is -2.62. The van der Waals surface area contributed by atoms with Crippen LogP contribution in [0, 0.1) is 0 Å². The van der Waals surface area contributed by atoms with Gasteiger partial charge < -0.3 is 35.8 Å². The predicted octanol–water partition coefficient (Wildman–Crippen LogP) is 4.52. The molecule has 12 nitrogen and oxygen atoms in total. The lowest BCUT2D eigenvalue weighted by Gasteiger charge is -2.33. The molecule has 2 atom stereocenters. The van der Waals surface area contributed by atoms with Gasteiger partial charge in [0, 0.05) is 35.9 Å². The summed E-state index contributed by atoms with van der Waals surface area (Å²) in [4.78, 5) is 64.2. The van der Waals surface area contributed by atoms with Gasteiger partial charge in [0.15, 0.2) is 0 Å². The maximum absolute atomic E-state index is 14.4. The summed E-state index contributed by atoms with van der Waals surface area (Å²) < 4.78 is 5.33. The number of carbonyl (C=O) groups excluding carboxylic acids is 3. The number of amides is 3. The van der Waals surface area contributed by atoms with E-state index < -0.39 is 46.6 Å². The van der Waals surface area contributed by atoms with Gasteiger partial charge in [-0.15, -0.1) is 0 Å². The highest BCUT2D eigenvalue weighted by atomic mass is 16.6. The number of carboxylic acid groups (broad SMARTS) is 1. The molecule has 0 radical (unpaired) electrons. The molecule has 2 heterocycles. The van der Waals surface area contributed by atoms with Crippen LogP contribution in [0.2, 0.25) is 0 Å². The van der Waals surface area contributed by atoms with Crippen molar-refractivity contribution in [1.29, 1.82) is 0 Å². The average molecular weight is 639 g/mol. The van der Waals surface area contributed by atoms with E-state index in [2.05, 4.69) is 30.9 Å². The number of nitrogens with zero attached hydrogens (tertiary/aromatic N) is 1. The fourth-order valence-electron chi connectivity index (χ4n) is 5.40. The summed E-state index contributed by atoms with van der Waals surface area (Å²) in [5.41, 5.74) is -2.68. The van der Waals surface area contributed by atoms with Gasteiger partial charge in [-0.1, -0.05) is 54.6 Å². The number of rotatable bonds is 10. The molecule has 5 aromatic rings. The number of nitrogens with one attached hydrogen (secondary N) is 5. The molecule has 1 unspecified atom stereocenters. The molecule has 244 valence electrons. The Balaban J connectivity index is 1.54. The Labute approximate surface area is 271 Å². The van der Waals surface area contributed by atoms with Crippen LogP contribution in [0.5, 0.6) is 0 Å². The number of carboxylic acids is 1. The summed E-state index contributed by atoms with van der Waals surface area (Å²) in [6.45, 7) is 8.05. The Bertz CT molecular complexity index is 1940. The van der Waals surface area contributed by atoms with E-state index in [4.69, 9.17) is 4.74 Å². The van der Waals surface area contributed by atoms with E-state index in [0.29, 0.717) is 5.56 Å². The van der Waals surface area contributed by atoms with Crippen LogP contribution in [0.4, 0.5) is 4.79 Å². The Kier molecular flexibility index (Phi) is 8.79. The first-order valence-corrected chi connectivity index (χ1v) is 15.1. The number of alkyl carbamates (subject to hydrolysis) is 1. The SMILES string of the molecule is CC(C)(C)OC(=O)NC(C)(C)C(=O)N[C@H](Cc1c[nH]c2ccccc12)C(=O)NC(C(=O)O)(c1ccc2ccccc2c1)c1ncc[nH]1. The van der Waals surface area contributed by atoms with Crippen LogP contribution in [-0.4, -0.2) is 61.1 Å². The molecule has 0 aliphatic heterocycles. The molecule has 0 spiro atoms. The molecule has 47 heavy (non-hydrogen) atoms. The van der Waals surface area contributed by atoms with Crippen LogP contribution in [0.1, 0.15) is 51.6 Å². The number of benzene rings is 3. The van der Waals surface area contributed by atoms with Crippen molar-refractivity contribution in [3.8, 4) is 0 Å². The summed E-state index contributed by atoms with van der Waals surface area (Å²) in [6.07, 6.45) is 3.79. The minimum Gasteiger partial charge on any atom is -0.479 e. The zero-order valence-corrected chi connectivity index (χ0v) is 26.8. The topological polar surface area (TPSA) is 178 Å². The fourth-order valence-corrected chi connectivity index (χ4v) is 5.40. The quantitative estimate of drug-likeness (QED) is 0.130. The van der Waals surface area contributed by atoms with Gasteiger partial charge in [0.05, 0.1) is 0 Å². The van der Waals surface area contributed by atoms with Gasteiger partial charge in [-0.25, -0.2) is 14.6 Å². The summed E-state index contributed by atoms with van der Waals surface area (Å²) in [7, 11) is 0. The second kappa shape index (κ2) is 12.6. The van der Waals surface area contributed by atoms with E-state index in [0.717, 1.165) is 21.7 Å². The first kappa shape index (κ1) is 32.7. The fraction of sp³-hybridized carbons (Fsp3) is 0.286. The largest absolute Gasteiger partial charge is 0.479 e. The maximum Gasteiger partial charge on any atom is 0.408 e. The Hall–Kier alpha value is -5.65. The van der Waals surface area contributed by atoms with E-state index in [-0.39, 0.29) is 17.8 Å². The van der Waals surface area contributed by atoms with Gasteiger partial charge in [-0.2, -0.15) is 0 Å². The average Bonchev–Trinajstić information content (AvgIpc) is 3.69. The van der Waals surface area contributed by atoms with Crippen molar-refractivity contribution < 1.29 is 29.0 Å². The van der Waals surface area contributed by atoms with Crippen molar-refractivity contribution in [2.45, 2.75) is 63.8 Å². The van der Waals surface area contributed by atoms with E-state index in [9.17, 15) is 24.3 Å². The van der Waals surface area contributed by atoms with Crippen LogP contribution in [0.25, 0.3) is 21.7 Å². The van der Waals surface area contributed by atoms with Crippen molar-refractivity contribution in [2.75, 3.05) is 0 Å². The first-order chi connectivity index (χ1) is 22.2. The van der Waals surface area contributed by atoms with Gasteiger partial charge in [0.25, 0.3) is 0 Å². The van der Waals surface area contributed by atoms with E-state index in [1.165, 1.54) is 26.2 Å².